The summed E-state index contributed by atoms with van der Waals surface area (Å²) < 4.78 is 2.37. The maximum Gasteiger partial charge on any atom is 0.139 e. The molecule has 1 nitrogen and oxygen atoms in total. The molecule has 4 aromatic carbocycles. The van der Waals surface area contributed by atoms with E-state index in [0.29, 0.717) is 0 Å². The highest BCUT2D eigenvalue weighted by Crippen LogP contribution is 2.32. The number of hydrogen-bond acceptors (Lipinski definition) is 0. The molecule has 0 aliphatic heterocycles. The standard InChI is InChI=1S/C24H18BN/c25-19-12-15-22-21-8-4-5-9-23(21)26(24(22)16-19)20-13-10-18(11-14-20)17-6-2-1-3-7-17/h1-16H,25H2. The summed E-state index contributed by atoms with van der Waals surface area (Å²) in [5, 5.41) is 2.60. The van der Waals surface area contributed by atoms with Gasteiger partial charge in [0.1, 0.15) is 7.85 Å². The van der Waals surface area contributed by atoms with Crippen LogP contribution in [0.2, 0.25) is 0 Å². The Bertz CT molecular complexity index is 1220. The fourth-order valence-electron chi connectivity index (χ4n) is 3.79. The average molecular weight is 331 g/mol. The molecule has 0 atom stereocenters. The van der Waals surface area contributed by atoms with Gasteiger partial charge in [-0.1, -0.05) is 78.3 Å². The summed E-state index contributed by atoms with van der Waals surface area (Å²) in [6.45, 7) is 0. The highest BCUT2D eigenvalue weighted by molar-refractivity contribution is 6.33. The second-order valence-electron chi connectivity index (χ2n) is 6.79. The molecular weight excluding hydrogens is 313 g/mol. The van der Waals surface area contributed by atoms with Gasteiger partial charge in [-0.05, 0) is 35.4 Å². The van der Waals surface area contributed by atoms with E-state index >= 15 is 0 Å². The topological polar surface area (TPSA) is 4.93 Å². The summed E-state index contributed by atoms with van der Waals surface area (Å²) in [5.74, 6) is 0. The Balaban J connectivity index is 1.74. The van der Waals surface area contributed by atoms with Crippen molar-refractivity contribution >= 4 is 35.1 Å². The molecule has 0 saturated carbocycles. The number of para-hydroxylation sites is 1. The SMILES string of the molecule is Bc1ccc2c3ccccc3n(-c3ccc(-c4ccccc4)cc3)c2c1. The van der Waals surface area contributed by atoms with Gasteiger partial charge in [-0.25, -0.2) is 0 Å². The zero-order valence-electron chi connectivity index (χ0n) is 14.7. The number of hydrogen-bond donors (Lipinski definition) is 0. The highest BCUT2D eigenvalue weighted by Gasteiger charge is 2.11. The van der Waals surface area contributed by atoms with E-state index in [2.05, 4.69) is 109 Å². The van der Waals surface area contributed by atoms with E-state index in [0.717, 1.165) is 0 Å². The Hall–Kier alpha value is -3.26. The fourth-order valence-corrected chi connectivity index (χ4v) is 3.79. The van der Waals surface area contributed by atoms with Crippen LogP contribution in [0, 0.1) is 0 Å². The molecule has 0 aliphatic rings. The zero-order valence-corrected chi connectivity index (χ0v) is 14.7. The third kappa shape index (κ3) is 2.34. The third-order valence-electron chi connectivity index (χ3n) is 5.06. The Labute approximate surface area is 153 Å². The minimum Gasteiger partial charge on any atom is -0.309 e. The van der Waals surface area contributed by atoms with Crippen LogP contribution in [0.1, 0.15) is 0 Å². The quantitative estimate of drug-likeness (QED) is 0.413. The van der Waals surface area contributed by atoms with Crippen molar-refractivity contribution in [1.29, 1.82) is 0 Å². The number of nitrogens with zero attached hydrogens (tertiary/aromatic N) is 1. The van der Waals surface area contributed by atoms with Gasteiger partial charge in [-0.2, -0.15) is 0 Å². The summed E-state index contributed by atoms with van der Waals surface area (Å²) in [6, 6.07) is 34.7. The number of aromatic nitrogens is 1. The third-order valence-corrected chi connectivity index (χ3v) is 5.06. The van der Waals surface area contributed by atoms with Gasteiger partial charge in [0.25, 0.3) is 0 Å². The minimum atomic E-state index is 1.20. The molecule has 0 aliphatic carbocycles. The first-order valence-corrected chi connectivity index (χ1v) is 8.97. The molecule has 0 amide bonds. The van der Waals surface area contributed by atoms with Gasteiger partial charge in [-0.15, -0.1) is 0 Å². The van der Waals surface area contributed by atoms with Crippen molar-refractivity contribution < 1.29 is 0 Å². The molecule has 122 valence electrons. The van der Waals surface area contributed by atoms with Gasteiger partial charge in [0.05, 0.1) is 11.0 Å². The molecule has 5 rings (SSSR count). The van der Waals surface area contributed by atoms with Crippen molar-refractivity contribution in [2.75, 3.05) is 0 Å². The van der Waals surface area contributed by atoms with E-state index in [1.165, 1.54) is 44.1 Å². The van der Waals surface area contributed by atoms with Crippen LogP contribution in [0.3, 0.4) is 0 Å². The van der Waals surface area contributed by atoms with Crippen molar-refractivity contribution in [1.82, 2.24) is 4.57 Å². The van der Waals surface area contributed by atoms with E-state index in [9.17, 15) is 0 Å². The van der Waals surface area contributed by atoms with Crippen LogP contribution in [0.25, 0.3) is 38.6 Å². The van der Waals surface area contributed by atoms with Gasteiger partial charge in [0.15, 0.2) is 0 Å². The summed E-state index contributed by atoms with van der Waals surface area (Å²) in [7, 11) is 2.15. The molecule has 26 heavy (non-hydrogen) atoms. The lowest BCUT2D eigenvalue weighted by Crippen LogP contribution is -2.02. The Kier molecular flexibility index (Phi) is 3.43. The summed E-state index contributed by atoms with van der Waals surface area (Å²) in [6.07, 6.45) is 0. The van der Waals surface area contributed by atoms with E-state index in [-0.39, 0.29) is 0 Å². The Morgan fingerprint density at radius 2 is 1.19 bits per heavy atom. The van der Waals surface area contributed by atoms with Gasteiger partial charge in [-0.3, -0.25) is 0 Å². The van der Waals surface area contributed by atoms with Crippen molar-refractivity contribution in [3.05, 3.63) is 97.1 Å². The summed E-state index contributed by atoms with van der Waals surface area (Å²) in [5.41, 5.74) is 7.48. The van der Waals surface area contributed by atoms with Gasteiger partial charge in [0.2, 0.25) is 0 Å². The molecule has 5 aromatic rings. The first-order valence-electron chi connectivity index (χ1n) is 8.97. The van der Waals surface area contributed by atoms with E-state index in [4.69, 9.17) is 0 Å². The fraction of sp³-hybridized carbons (Fsp3) is 0. The van der Waals surface area contributed by atoms with Crippen LogP contribution in [0.15, 0.2) is 97.1 Å². The van der Waals surface area contributed by atoms with Crippen LogP contribution >= 0.6 is 0 Å². The predicted molar refractivity (Wildman–Crippen MR) is 114 cm³/mol. The monoisotopic (exact) mass is 331 g/mol. The van der Waals surface area contributed by atoms with Crippen LogP contribution in [-0.4, -0.2) is 12.4 Å². The second kappa shape index (κ2) is 5.92. The smallest absolute Gasteiger partial charge is 0.139 e. The molecular formula is C24H18BN. The van der Waals surface area contributed by atoms with Crippen molar-refractivity contribution in [2.45, 2.75) is 0 Å². The average Bonchev–Trinajstić information content (AvgIpc) is 3.02. The van der Waals surface area contributed by atoms with E-state index < -0.39 is 0 Å². The summed E-state index contributed by atoms with van der Waals surface area (Å²) in [4.78, 5) is 0. The molecule has 0 radical (unpaired) electrons. The maximum absolute atomic E-state index is 2.37. The molecule has 0 unspecified atom stereocenters. The Morgan fingerprint density at radius 1 is 0.538 bits per heavy atom. The molecule has 2 heteroatoms. The second-order valence-corrected chi connectivity index (χ2v) is 6.79. The van der Waals surface area contributed by atoms with Crippen molar-refractivity contribution in [3.63, 3.8) is 0 Å². The predicted octanol–water partition coefficient (Wildman–Crippen LogP) is 4.71. The molecule has 1 aromatic heterocycles. The lowest BCUT2D eigenvalue weighted by molar-refractivity contribution is 1.18. The highest BCUT2D eigenvalue weighted by atomic mass is 15.0. The minimum absolute atomic E-state index is 1.20. The molecule has 0 bridgehead atoms. The van der Waals surface area contributed by atoms with Crippen LogP contribution in [0.4, 0.5) is 0 Å². The van der Waals surface area contributed by atoms with E-state index in [1.807, 2.05) is 0 Å². The molecule has 0 fully saturated rings. The number of rotatable bonds is 2. The lowest BCUT2D eigenvalue weighted by Gasteiger charge is -2.09. The van der Waals surface area contributed by atoms with Gasteiger partial charge >= 0.3 is 0 Å². The Morgan fingerprint density at radius 3 is 2.00 bits per heavy atom. The van der Waals surface area contributed by atoms with Crippen LogP contribution in [-0.2, 0) is 0 Å². The first kappa shape index (κ1) is 15.0. The lowest BCUT2D eigenvalue weighted by atomic mass is 9.95. The number of benzene rings is 4. The van der Waals surface area contributed by atoms with Crippen LogP contribution < -0.4 is 5.46 Å². The molecule has 0 saturated heterocycles. The van der Waals surface area contributed by atoms with Crippen molar-refractivity contribution in [2.24, 2.45) is 0 Å². The zero-order chi connectivity index (χ0) is 17.5. The summed E-state index contributed by atoms with van der Waals surface area (Å²) >= 11 is 0. The van der Waals surface area contributed by atoms with Gasteiger partial charge < -0.3 is 4.57 Å². The molecule has 0 N–H and O–H groups in total. The maximum atomic E-state index is 2.37. The molecule has 1 heterocycles. The largest absolute Gasteiger partial charge is 0.309 e. The normalized spacial score (nSPS) is 11.2. The van der Waals surface area contributed by atoms with E-state index in [1.54, 1.807) is 0 Å². The first-order chi connectivity index (χ1) is 12.8. The van der Waals surface area contributed by atoms with Crippen LogP contribution in [0.5, 0.6) is 0 Å². The van der Waals surface area contributed by atoms with Crippen molar-refractivity contribution in [3.8, 4) is 16.8 Å². The molecule has 0 spiro atoms. The number of fused-ring (bicyclic) bond motifs is 3. The van der Waals surface area contributed by atoms with Gasteiger partial charge in [0, 0.05) is 16.5 Å².